The number of nitrogens with two attached hydrogens (primary N) is 1. The first-order chi connectivity index (χ1) is 8.97. The number of rotatable bonds is 3. The third kappa shape index (κ3) is 3.08. The van der Waals surface area contributed by atoms with E-state index in [0.29, 0.717) is 0 Å². The van der Waals surface area contributed by atoms with Crippen molar-refractivity contribution in [3.05, 3.63) is 45.5 Å². The van der Waals surface area contributed by atoms with Crippen LogP contribution < -0.4 is 11.1 Å². The van der Waals surface area contributed by atoms with Crippen LogP contribution in [0.1, 0.15) is 33.1 Å². The Morgan fingerprint density at radius 3 is 2.89 bits per heavy atom. The van der Waals surface area contributed by atoms with E-state index >= 15 is 0 Å². The van der Waals surface area contributed by atoms with Crippen molar-refractivity contribution in [2.24, 2.45) is 0 Å². The van der Waals surface area contributed by atoms with Crippen molar-refractivity contribution in [3.8, 4) is 0 Å². The van der Waals surface area contributed by atoms with Gasteiger partial charge in [-0.3, -0.25) is 4.79 Å². The number of carbonyl (C=O) groups excluding carboxylic acids is 1. The topological polar surface area (TPSA) is 68.0 Å². The summed E-state index contributed by atoms with van der Waals surface area (Å²) in [6, 6.07) is 4.87. The summed E-state index contributed by atoms with van der Waals surface area (Å²) in [7, 11) is 0. The Bertz CT molecular complexity index is 612. The molecule has 0 bridgehead atoms. The van der Waals surface area contributed by atoms with Crippen LogP contribution in [0.15, 0.2) is 24.4 Å². The van der Waals surface area contributed by atoms with Gasteiger partial charge in [-0.25, -0.2) is 9.37 Å². The second-order valence-corrected chi connectivity index (χ2v) is 5.55. The lowest BCUT2D eigenvalue weighted by Crippen LogP contribution is -2.27. The minimum absolute atomic E-state index is 0.0217. The number of hydrogen-bond donors (Lipinski definition) is 2. The van der Waals surface area contributed by atoms with Gasteiger partial charge < -0.3 is 11.1 Å². The summed E-state index contributed by atoms with van der Waals surface area (Å²) in [5.41, 5.74) is 5.63. The van der Waals surface area contributed by atoms with Crippen molar-refractivity contribution in [1.82, 2.24) is 10.3 Å². The second-order valence-electron chi connectivity index (χ2n) is 4.23. The monoisotopic (exact) mass is 279 g/mol. The zero-order valence-electron chi connectivity index (χ0n) is 10.6. The van der Waals surface area contributed by atoms with Gasteiger partial charge >= 0.3 is 0 Å². The Labute approximate surface area is 114 Å². The number of aromatic nitrogens is 1. The minimum atomic E-state index is -0.584. The molecule has 0 aliphatic carbocycles. The van der Waals surface area contributed by atoms with Crippen molar-refractivity contribution < 1.29 is 9.18 Å². The highest BCUT2D eigenvalue weighted by Crippen LogP contribution is 2.23. The number of nitrogen functional groups attached to an aromatic ring is 1. The van der Waals surface area contributed by atoms with Crippen LogP contribution in [0.25, 0.3) is 0 Å². The van der Waals surface area contributed by atoms with Crippen LogP contribution in [-0.4, -0.2) is 10.9 Å². The number of pyridine rings is 1. The molecule has 0 aliphatic heterocycles. The van der Waals surface area contributed by atoms with Crippen LogP contribution in [-0.2, 0) is 0 Å². The fourth-order valence-electron chi connectivity index (χ4n) is 1.66. The van der Waals surface area contributed by atoms with Gasteiger partial charge in [-0.1, -0.05) is 0 Å². The highest BCUT2D eigenvalue weighted by atomic mass is 32.1. The fraction of sp³-hybridized carbons (Fsp3) is 0.231. The Morgan fingerprint density at radius 2 is 2.26 bits per heavy atom. The first kappa shape index (κ1) is 13.5. The summed E-state index contributed by atoms with van der Waals surface area (Å²) in [4.78, 5) is 17.8. The van der Waals surface area contributed by atoms with Crippen LogP contribution >= 0.6 is 11.3 Å². The van der Waals surface area contributed by atoms with E-state index in [4.69, 9.17) is 5.73 Å². The van der Waals surface area contributed by atoms with E-state index in [1.165, 1.54) is 4.88 Å². The van der Waals surface area contributed by atoms with Crippen LogP contribution in [0.4, 0.5) is 10.2 Å². The van der Waals surface area contributed by atoms with Gasteiger partial charge in [-0.05, 0) is 32.0 Å². The average Bonchev–Trinajstić information content (AvgIpc) is 2.79. The van der Waals surface area contributed by atoms with Gasteiger partial charge in [0.25, 0.3) is 5.91 Å². The molecule has 6 heteroatoms. The van der Waals surface area contributed by atoms with E-state index in [9.17, 15) is 9.18 Å². The lowest BCUT2D eigenvalue weighted by Gasteiger charge is -2.13. The molecule has 0 fully saturated rings. The average molecular weight is 279 g/mol. The quantitative estimate of drug-likeness (QED) is 0.907. The fourth-order valence-corrected chi connectivity index (χ4v) is 2.54. The molecule has 1 amide bonds. The Hall–Kier alpha value is -1.95. The van der Waals surface area contributed by atoms with Crippen LogP contribution in [0, 0.1) is 12.7 Å². The van der Waals surface area contributed by atoms with E-state index in [1.54, 1.807) is 11.3 Å². The van der Waals surface area contributed by atoms with E-state index in [0.717, 1.165) is 17.1 Å². The smallest absolute Gasteiger partial charge is 0.255 e. The van der Waals surface area contributed by atoms with E-state index in [2.05, 4.69) is 10.3 Å². The third-order valence-electron chi connectivity index (χ3n) is 2.67. The summed E-state index contributed by atoms with van der Waals surface area (Å²) in [5.74, 6) is -0.990. The molecule has 0 saturated carbocycles. The predicted molar refractivity (Wildman–Crippen MR) is 73.5 cm³/mol. The number of nitrogens with zero attached hydrogens (tertiary/aromatic N) is 1. The molecule has 2 aromatic rings. The van der Waals surface area contributed by atoms with E-state index in [-0.39, 0.29) is 17.4 Å². The maximum absolute atomic E-state index is 13.1. The van der Waals surface area contributed by atoms with Crippen molar-refractivity contribution in [1.29, 1.82) is 0 Å². The summed E-state index contributed by atoms with van der Waals surface area (Å²) >= 11 is 1.60. The Balaban J connectivity index is 2.15. The SMILES string of the molecule is Cc1ccc(C(C)NC(=O)c2cc(F)cnc2N)s1. The normalized spacial score (nSPS) is 12.2. The Kier molecular flexibility index (Phi) is 3.80. The number of thiophene rings is 1. The molecule has 0 spiro atoms. The van der Waals surface area contributed by atoms with Crippen LogP contribution in [0.2, 0.25) is 0 Å². The molecule has 2 aromatic heterocycles. The molecule has 2 rings (SSSR count). The molecule has 0 aromatic carbocycles. The molecular formula is C13H14FN3OS. The Morgan fingerprint density at radius 1 is 1.53 bits per heavy atom. The van der Waals surface area contributed by atoms with Crippen molar-refractivity contribution in [2.75, 3.05) is 5.73 Å². The van der Waals surface area contributed by atoms with Gasteiger partial charge in [-0.2, -0.15) is 0 Å². The van der Waals surface area contributed by atoms with Gasteiger partial charge in [0.05, 0.1) is 17.8 Å². The first-order valence-electron chi connectivity index (χ1n) is 5.75. The molecule has 0 saturated heterocycles. The van der Waals surface area contributed by atoms with Crippen molar-refractivity contribution >= 4 is 23.1 Å². The number of nitrogens with one attached hydrogen (secondary N) is 1. The molecule has 0 radical (unpaired) electrons. The van der Waals surface area contributed by atoms with E-state index < -0.39 is 11.7 Å². The van der Waals surface area contributed by atoms with Gasteiger partial charge in [0.15, 0.2) is 0 Å². The maximum atomic E-state index is 13.1. The number of hydrogen-bond acceptors (Lipinski definition) is 4. The van der Waals surface area contributed by atoms with Crippen molar-refractivity contribution in [3.63, 3.8) is 0 Å². The zero-order chi connectivity index (χ0) is 14.0. The summed E-state index contributed by atoms with van der Waals surface area (Å²) in [6.07, 6.45) is 0.984. The van der Waals surface area contributed by atoms with Crippen molar-refractivity contribution in [2.45, 2.75) is 19.9 Å². The molecule has 4 nitrogen and oxygen atoms in total. The predicted octanol–water partition coefficient (Wildman–Crippen LogP) is 2.66. The molecule has 19 heavy (non-hydrogen) atoms. The van der Waals surface area contributed by atoms with Crippen LogP contribution in [0.3, 0.4) is 0 Å². The largest absolute Gasteiger partial charge is 0.383 e. The summed E-state index contributed by atoms with van der Waals surface area (Å²) in [5, 5.41) is 2.78. The highest BCUT2D eigenvalue weighted by Gasteiger charge is 2.16. The summed E-state index contributed by atoms with van der Waals surface area (Å²) < 4.78 is 13.1. The third-order valence-corrected chi connectivity index (χ3v) is 3.85. The van der Waals surface area contributed by atoms with Gasteiger partial charge in [-0.15, -0.1) is 11.3 Å². The molecule has 0 aliphatic rings. The maximum Gasteiger partial charge on any atom is 0.255 e. The van der Waals surface area contributed by atoms with E-state index in [1.807, 2.05) is 26.0 Å². The molecular weight excluding hydrogens is 265 g/mol. The van der Waals surface area contributed by atoms with Gasteiger partial charge in [0.2, 0.25) is 0 Å². The van der Waals surface area contributed by atoms with Gasteiger partial charge in [0, 0.05) is 9.75 Å². The first-order valence-corrected chi connectivity index (χ1v) is 6.57. The van der Waals surface area contributed by atoms with Gasteiger partial charge in [0.1, 0.15) is 11.6 Å². The molecule has 3 N–H and O–H groups in total. The minimum Gasteiger partial charge on any atom is -0.383 e. The molecule has 1 atom stereocenters. The second kappa shape index (κ2) is 5.36. The molecule has 2 heterocycles. The number of carbonyl (C=O) groups is 1. The number of amides is 1. The molecule has 100 valence electrons. The number of aryl methyl sites for hydroxylation is 1. The lowest BCUT2D eigenvalue weighted by atomic mass is 10.2. The standard InChI is InChI=1S/C13H14FN3OS/c1-7-3-4-11(19-7)8(2)17-13(18)10-5-9(14)6-16-12(10)15/h3-6,8H,1-2H3,(H2,15,16)(H,17,18). The van der Waals surface area contributed by atoms with Crippen LogP contribution in [0.5, 0.6) is 0 Å². The zero-order valence-corrected chi connectivity index (χ0v) is 11.4. The number of halogens is 1. The lowest BCUT2D eigenvalue weighted by molar-refractivity contribution is 0.0940. The number of anilines is 1. The summed E-state index contributed by atoms with van der Waals surface area (Å²) in [6.45, 7) is 3.86. The molecule has 1 unspecified atom stereocenters. The highest BCUT2D eigenvalue weighted by molar-refractivity contribution is 7.12.